The van der Waals surface area contributed by atoms with Gasteiger partial charge in [-0.05, 0) is 55.5 Å². The van der Waals surface area contributed by atoms with E-state index in [-0.39, 0.29) is 11.2 Å². The summed E-state index contributed by atoms with van der Waals surface area (Å²) in [6, 6.07) is 16.2. The van der Waals surface area contributed by atoms with E-state index in [1.807, 2.05) is 6.07 Å². The molecule has 0 spiro atoms. The number of nitrogens with one attached hydrogen (secondary N) is 2. The van der Waals surface area contributed by atoms with Crippen molar-refractivity contribution >= 4 is 28.3 Å². The van der Waals surface area contributed by atoms with Gasteiger partial charge in [0.15, 0.2) is 11.6 Å². The molecule has 0 aliphatic carbocycles. The summed E-state index contributed by atoms with van der Waals surface area (Å²) in [7, 11) is 0. The lowest BCUT2D eigenvalue weighted by atomic mass is 10.2. The van der Waals surface area contributed by atoms with E-state index in [4.69, 9.17) is 0 Å². The van der Waals surface area contributed by atoms with Gasteiger partial charge in [-0.25, -0.2) is 18.6 Å². The number of aryl methyl sites for hydroxylation is 1. The predicted octanol–water partition coefficient (Wildman–Crippen LogP) is 4.62. The number of fused-ring (bicyclic) bond motifs is 1. The van der Waals surface area contributed by atoms with Gasteiger partial charge in [0.25, 0.3) is 5.56 Å². The fourth-order valence-electron chi connectivity index (χ4n) is 3.11. The zero-order chi connectivity index (χ0) is 21.3. The summed E-state index contributed by atoms with van der Waals surface area (Å²) in [6.45, 7) is 1.75. The van der Waals surface area contributed by atoms with Crippen LogP contribution in [0.3, 0.4) is 0 Å². The Morgan fingerprint density at radius 1 is 0.900 bits per heavy atom. The largest absolute Gasteiger partial charge is 0.323 e. The standard InChI is InChI=1S/C22H16F2N4O2/c1-13-25-20-5-3-2-4-17(20)21(29)28(13)16-9-6-14(7-10-16)26-22(30)27-15-8-11-18(23)19(24)12-15/h2-12H,1H3,(H2,26,27,30). The van der Waals surface area contributed by atoms with Gasteiger partial charge in [0.2, 0.25) is 0 Å². The van der Waals surface area contributed by atoms with Gasteiger partial charge in [-0.15, -0.1) is 0 Å². The summed E-state index contributed by atoms with van der Waals surface area (Å²) >= 11 is 0. The third-order valence-electron chi connectivity index (χ3n) is 4.50. The molecule has 2 N–H and O–H groups in total. The summed E-state index contributed by atoms with van der Waals surface area (Å²) in [6.07, 6.45) is 0. The van der Waals surface area contributed by atoms with E-state index in [1.54, 1.807) is 49.4 Å². The Labute approximate surface area is 169 Å². The van der Waals surface area contributed by atoms with Gasteiger partial charge in [-0.2, -0.15) is 0 Å². The van der Waals surface area contributed by atoms with Crippen molar-refractivity contribution in [3.63, 3.8) is 0 Å². The molecule has 150 valence electrons. The van der Waals surface area contributed by atoms with Crippen molar-refractivity contribution in [3.05, 3.63) is 94.5 Å². The molecule has 4 aromatic rings. The number of hydrogen-bond donors (Lipinski definition) is 2. The summed E-state index contributed by atoms with van der Waals surface area (Å²) in [5, 5.41) is 5.52. The van der Waals surface area contributed by atoms with Crippen molar-refractivity contribution in [2.75, 3.05) is 10.6 Å². The Balaban J connectivity index is 1.55. The Morgan fingerprint density at radius 2 is 1.57 bits per heavy atom. The van der Waals surface area contributed by atoms with Gasteiger partial charge in [0, 0.05) is 17.4 Å². The number of halogens is 2. The molecule has 0 saturated carbocycles. The first-order chi connectivity index (χ1) is 14.4. The summed E-state index contributed by atoms with van der Waals surface area (Å²) in [4.78, 5) is 29.4. The Hall–Kier alpha value is -4.07. The van der Waals surface area contributed by atoms with Crippen LogP contribution in [0.25, 0.3) is 16.6 Å². The van der Waals surface area contributed by atoms with E-state index < -0.39 is 17.7 Å². The van der Waals surface area contributed by atoms with Gasteiger partial charge < -0.3 is 10.6 Å². The third-order valence-corrected chi connectivity index (χ3v) is 4.50. The average molecular weight is 406 g/mol. The first-order valence-corrected chi connectivity index (χ1v) is 9.04. The maximum absolute atomic E-state index is 13.2. The van der Waals surface area contributed by atoms with E-state index in [0.29, 0.717) is 28.1 Å². The van der Waals surface area contributed by atoms with Gasteiger partial charge in [-0.1, -0.05) is 12.1 Å². The molecule has 0 atom stereocenters. The number of rotatable bonds is 3. The molecule has 0 radical (unpaired) electrons. The second-order valence-corrected chi connectivity index (χ2v) is 6.57. The van der Waals surface area contributed by atoms with Crippen LogP contribution in [-0.2, 0) is 0 Å². The number of aromatic nitrogens is 2. The molecule has 0 fully saturated rings. The number of para-hydroxylation sites is 1. The van der Waals surface area contributed by atoms with Gasteiger partial charge >= 0.3 is 6.03 Å². The van der Waals surface area contributed by atoms with E-state index >= 15 is 0 Å². The molecular formula is C22H16F2N4O2. The predicted molar refractivity (Wildman–Crippen MR) is 111 cm³/mol. The smallest absolute Gasteiger partial charge is 0.308 e. The van der Waals surface area contributed by atoms with E-state index in [0.717, 1.165) is 12.1 Å². The van der Waals surface area contributed by atoms with Crippen LogP contribution in [0.2, 0.25) is 0 Å². The second kappa shape index (κ2) is 7.75. The first kappa shape index (κ1) is 19.3. The molecule has 0 aliphatic heterocycles. The summed E-state index contributed by atoms with van der Waals surface area (Å²) < 4.78 is 27.7. The van der Waals surface area contributed by atoms with E-state index in [9.17, 15) is 18.4 Å². The van der Waals surface area contributed by atoms with E-state index in [2.05, 4.69) is 15.6 Å². The van der Waals surface area contributed by atoms with Gasteiger partial charge in [0.1, 0.15) is 5.82 Å². The number of carbonyl (C=O) groups excluding carboxylic acids is 1. The molecule has 0 unspecified atom stereocenters. The number of hydrogen-bond acceptors (Lipinski definition) is 3. The fourth-order valence-corrected chi connectivity index (χ4v) is 3.11. The maximum Gasteiger partial charge on any atom is 0.323 e. The van der Waals surface area contributed by atoms with Crippen molar-refractivity contribution in [2.24, 2.45) is 0 Å². The molecule has 1 aromatic heterocycles. The lowest BCUT2D eigenvalue weighted by Crippen LogP contribution is -2.22. The Kier molecular flexibility index (Phi) is 4.97. The summed E-state index contributed by atoms with van der Waals surface area (Å²) in [5.74, 6) is -1.51. The topological polar surface area (TPSA) is 76.0 Å². The zero-order valence-corrected chi connectivity index (χ0v) is 15.8. The van der Waals surface area contributed by atoms with Crippen LogP contribution < -0.4 is 16.2 Å². The first-order valence-electron chi connectivity index (χ1n) is 9.04. The zero-order valence-electron chi connectivity index (χ0n) is 15.8. The van der Waals surface area contributed by atoms with Gasteiger partial charge in [-0.3, -0.25) is 9.36 Å². The normalized spacial score (nSPS) is 10.8. The molecule has 6 nitrogen and oxygen atoms in total. The lowest BCUT2D eigenvalue weighted by Gasteiger charge is -2.12. The monoisotopic (exact) mass is 406 g/mol. The highest BCUT2D eigenvalue weighted by Crippen LogP contribution is 2.17. The molecule has 4 rings (SSSR count). The number of carbonyl (C=O) groups is 1. The van der Waals surface area contributed by atoms with Crippen molar-refractivity contribution in [2.45, 2.75) is 6.92 Å². The minimum Gasteiger partial charge on any atom is -0.308 e. The van der Waals surface area contributed by atoms with Crippen LogP contribution >= 0.6 is 0 Å². The lowest BCUT2D eigenvalue weighted by molar-refractivity contribution is 0.262. The number of urea groups is 1. The number of benzene rings is 3. The molecule has 0 aliphatic rings. The quantitative estimate of drug-likeness (QED) is 0.521. The van der Waals surface area contributed by atoms with Crippen LogP contribution in [0, 0.1) is 18.6 Å². The average Bonchev–Trinajstić information content (AvgIpc) is 2.72. The third kappa shape index (κ3) is 3.75. The number of amides is 2. The molecule has 0 bridgehead atoms. The fraction of sp³-hybridized carbons (Fsp3) is 0.0455. The van der Waals surface area contributed by atoms with Crippen LogP contribution in [0.15, 0.2) is 71.5 Å². The highest BCUT2D eigenvalue weighted by Gasteiger charge is 2.10. The molecule has 3 aromatic carbocycles. The highest BCUT2D eigenvalue weighted by molar-refractivity contribution is 5.99. The van der Waals surface area contributed by atoms with Crippen molar-refractivity contribution in [1.82, 2.24) is 9.55 Å². The van der Waals surface area contributed by atoms with Gasteiger partial charge in [0.05, 0.1) is 16.6 Å². The van der Waals surface area contributed by atoms with Crippen molar-refractivity contribution < 1.29 is 13.6 Å². The highest BCUT2D eigenvalue weighted by atomic mass is 19.2. The molecule has 8 heteroatoms. The minimum absolute atomic E-state index is 0.118. The minimum atomic E-state index is -1.05. The van der Waals surface area contributed by atoms with Crippen molar-refractivity contribution in [3.8, 4) is 5.69 Å². The second-order valence-electron chi connectivity index (χ2n) is 6.57. The molecule has 2 amide bonds. The summed E-state index contributed by atoms with van der Waals surface area (Å²) in [5.41, 5.74) is 1.62. The van der Waals surface area contributed by atoms with Crippen molar-refractivity contribution in [1.29, 1.82) is 0 Å². The Bertz CT molecular complexity index is 1320. The van der Waals surface area contributed by atoms with Crippen LogP contribution in [0.1, 0.15) is 5.82 Å². The molecule has 30 heavy (non-hydrogen) atoms. The number of nitrogens with zero attached hydrogens (tertiary/aromatic N) is 2. The van der Waals surface area contributed by atoms with Crippen LogP contribution in [0.4, 0.5) is 25.0 Å². The Morgan fingerprint density at radius 3 is 2.30 bits per heavy atom. The van der Waals surface area contributed by atoms with Crippen LogP contribution in [0.5, 0.6) is 0 Å². The van der Waals surface area contributed by atoms with Crippen LogP contribution in [-0.4, -0.2) is 15.6 Å². The molecule has 0 saturated heterocycles. The molecule has 1 heterocycles. The number of anilines is 2. The SMILES string of the molecule is Cc1nc2ccccc2c(=O)n1-c1ccc(NC(=O)Nc2ccc(F)c(F)c2)cc1. The van der Waals surface area contributed by atoms with E-state index in [1.165, 1.54) is 10.6 Å². The molecular weight excluding hydrogens is 390 g/mol. The maximum atomic E-state index is 13.2.